The summed E-state index contributed by atoms with van der Waals surface area (Å²) in [5.74, 6) is 0.250. The minimum atomic E-state index is -4.32. The van der Waals surface area contributed by atoms with E-state index in [1.165, 1.54) is 29.9 Å². The maximum Gasteiger partial charge on any atom is 0.277 e. The predicted octanol–water partition coefficient (Wildman–Crippen LogP) is 2.83. The number of nitrogens with one attached hydrogen (secondary N) is 2. The van der Waals surface area contributed by atoms with Gasteiger partial charge < -0.3 is 14.6 Å². The van der Waals surface area contributed by atoms with Gasteiger partial charge in [-0.15, -0.1) is 0 Å². The van der Waals surface area contributed by atoms with Gasteiger partial charge in [0, 0.05) is 25.1 Å². The summed E-state index contributed by atoms with van der Waals surface area (Å²) in [7, 11) is -0.900. The Bertz CT molecular complexity index is 1560. The van der Waals surface area contributed by atoms with E-state index in [0.29, 0.717) is 13.0 Å². The smallest absolute Gasteiger partial charge is 0.277 e. The lowest BCUT2D eigenvalue weighted by Gasteiger charge is -2.19. The highest BCUT2D eigenvalue weighted by Crippen LogP contribution is 2.31. The highest BCUT2D eigenvalue weighted by Gasteiger charge is 2.23. The Kier molecular flexibility index (Phi) is 6.58. The molecule has 2 aromatic heterocycles. The van der Waals surface area contributed by atoms with Gasteiger partial charge in [0.25, 0.3) is 5.56 Å². The zero-order valence-electron chi connectivity index (χ0n) is 25.1. The summed E-state index contributed by atoms with van der Waals surface area (Å²) >= 11 is 0. The molecule has 1 aromatic carbocycles. The van der Waals surface area contributed by atoms with Crippen molar-refractivity contribution in [2.75, 3.05) is 26.7 Å². The molecule has 0 saturated carbocycles. The number of nitrogens with zero attached hydrogens (tertiary/aromatic N) is 4. The zero-order chi connectivity index (χ0) is 29.5. The van der Waals surface area contributed by atoms with Crippen LogP contribution in [0.1, 0.15) is 57.1 Å². The van der Waals surface area contributed by atoms with Crippen molar-refractivity contribution < 1.29 is 18.6 Å². The number of aromatic nitrogens is 4. The number of benzene rings is 1. The number of hydrogen-bond acceptors (Lipinski definition) is 7. The molecule has 0 radical (unpaired) electrons. The van der Waals surface area contributed by atoms with Gasteiger partial charge in [-0.05, 0) is 63.8 Å². The van der Waals surface area contributed by atoms with E-state index in [9.17, 15) is 13.2 Å². The third-order valence-electron chi connectivity index (χ3n) is 6.23. The largest absolute Gasteiger partial charge is 0.493 e. The molecule has 1 saturated heterocycles. The van der Waals surface area contributed by atoms with Crippen LogP contribution in [0.3, 0.4) is 0 Å². The lowest BCUT2D eigenvalue weighted by molar-refractivity contribution is 0.297. The van der Waals surface area contributed by atoms with E-state index in [0.717, 1.165) is 19.4 Å². The van der Waals surface area contributed by atoms with Gasteiger partial charge in [-0.2, -0.15) is 5.10 Å². The molecule has 3 heterocycles. The van der Waals surface area contributed by atoms with Gasteiger partial charge in [0.2, 0.25) is 10.0 Å². The fraction of sp³-hybridized carbons (Fsp3) is 0.560. The molecular formula is C25H36N6O4S. The first-order valence-electron chi connectivity index (χ1n) is 14.2. The maximum absolute atomic E-state index is 13.4. The SMILES string of the molecule is [2H]C([2H])(CC1CCCN1C)NS(=O)(=O)c1ccc(OCCC)c(-c2nc3c(C([2H])([2H])CC)nn(C)c3c(=O)[nH]2)c1. The number of rotatable bonds is 11. The number of fused-ring (bicyclic) bond motifs is 1. The van der Waals surface area contributed by atoms with Crippen molar-refractivity contribution >= 4 is 21.1 Å². The molecule has 0 bridgehead atoms. The quantitative estimate of drug-likeness (QED) is 0.399. The first kappa shape index (κ1) is 21.3. The molecule has 1 aliphatic heterocycles. The molecular weight excluding hydrogens is 480 g/mol. The minimum Gasteiger partial charge on any atom is -0.493 e. The lowest BCUT2D eigenvalue weighted by Crippen LogP contribution is -2.31. The number of H-pyrrole nitrogens is 1. The van der Waals surface area contributed by atoms with E-state index in [4.69, 9.17) is 10.2 Å². The van der Waals surface area contributed by atoms with Gasteiger partial charge in [0.05, 0.1) is 22.8 Å². The minimum absolute atomic E-state index is 0.00202. The molecule has 0 aliphatic carbocycles. The van der Waals surface area contributed by atoms with Crippen molar-refractivity contribution in [3.8, 4) is 17.1 Å². The number of likely N-dealkylation sites (tertiary alicyclic amines) is 1. The van der Waals surface area contributed by atoms with E-state index in [-0.39, 0.29) is 57.6 Å². The number of aryl methyl sites for hydroxylation is 2. The molecule has 1 atom stereocenters. The highest BCUT2D eigenvalue weighted by molar-refractivity contribution is 7.89. The third kappa shape index (κ3) is 5.47. The highest BCUT2D eigenvalue weighted by atomic mass is 32.2. The first-order valence-corrected chi connectivity index (χ1v) is 13.7. The van der Waals surface area contributed by atoms with E-state index in [1.54, 1.807) is 6.92 Å². The molecule has 3 aromatic rings. The van der Waals surface area contributed by atoms with Crippen LogP contribution < -0.4 is 15.0 Å². The fourth-order valence-corrected chi connectivity index (χ4v) is 5.25. The molecule has 1 aliphatic rings. The van der Waals surface area contributed by atoms with Gasteiger partial charge >= 0.3 is 0 Å². The molecule has 10 nitrogen and oxygen atoms in total. The molecule has 2 N–H and O–H groups in total. The fourth-order valence-electron chi connectivity index (χ4n) is 4.34. The number of aromatic amines is 1. The number of sulfonamides is 1. The summed E-state index contributed by atoms with van der Waals surface area (Å²) < 4.78 is 69.5. The van der Waals surface area contributed by atoms with Crippen LogP contribution in [0.25, 0.3) is 22.4 Å². The second-order valence-corrected chi connectivity index (χ2v) is 10.6. The van der Waals surface area contributed by atoms with Crippen LogP contribution in [0.5, 0.6) is 5.75 Å². The Hall–Kier alpha value is -2.76. The molecule has 0 spiro atoms. The van der Waals surface area contributed by atoms with E-state index < -0.39 is 28.5 Å². The number of hydrogen-bond donors (Lipinski definition) is 2. The Balaban J connectivity index is 1.80. The van der Waals surface area contributed by atoms with Gasteiger partial charge in [0.15, 0.2) is 5.52 Å². The van der Waals surface area contributed by atoms with Crippen molar-refractivity contribution in [2.45, 2.75) is 63.3 Å². The van der Waals surface area contributed by atoms with Gasteiger partial charge in [0.1, 0.15) is 17.1 Å². The Morgan fingerprint density at radius 1 is 1.28 bits per heavy atom. The second-order valence-electron chi connectivity index (χ2n) is 8.88. The summed E-state index contributed by atoms with van der Waals surface area (Å²) in [6.07, 6.45) is 0.643. The van der Waals surface area contributed by atoms with E-state index in [2.05, 4.69) is 19.8 Å². The molecule has 1 unspecified atom stereocenters. The summed E-state index contributed by atoms with van der Waals surface area (Å²) in [4.78, 5) is 22.1. The molecule has 196 valence electrons. The van der Waals surface area contributed by atoms with E-state index in [1.807, 2.05) is 18.9 Å². The molecule has 36 heavy (non-hydrogen) atoms. The maximum atomic E-state index is 13.4. The van der Waals surface area contributed by atoms with Crippen LogP contribution in [0.4, 0.5) is 0 Å². The van der Waals surface area contributed by atoms with Gasteiger partial charge in [-0.25, -0.2) is 18.1 Å². The van der Waals surface area contributed by atoms with Crippen LogP contribution in [0.15, 0.2) is 27.9 Å². The van der Waals surface area contributed by atoms with Crippen molar-refractivity contribution in [1.82, 2.24) is 29.4 Å². The molecule has 0 amide bonds. The van der Waals surface area contributed by atoms with Crippen molar-refractivity contribution in [3.05, 3.63) is 34.2 Å². The standard InChI is InChI=1S/C25H36N6O4S/c1-5-8-20-22-23(31(4)29-20)25(32)28-24(27-22)19-16-18(10-11-21(19)35-15-6-2)36(33,34)26-13-12-17-9-7-14-30(17)3/h10-11,16-17,26H,5-9,12-15H2,1-4H3,(H,27,28,32)/i8D2,13D2. The van der Waals surface area contributed by atoms with Crippen LogP contribution in [-0.2, 0) is 23.4 Å². The third-order valence-corrected chi connectivity index (χ3v) is 7.52. The first-order chi connectivity index (χ1) is 18.7. The van der Waals surface area contributed by atoms with Crippen molar-refractivity contribution in [2.24, 2.45) is 7.05 Å². The van der Waals surface area contributed by atoms with Gasteiger partial charge in [-0.1, -0.05) is 20.3 Å². The molecule has 1 fully saturated rings. The summed E-state index contributed by atoms with van der Waals surface area (Å²) in [5, 5.41) is 4.22. The monoisotopic (exact) mass is 520 g/mol. The van der Waals surface area contributed by atoms with Crippen LogP contribution in [-0.4, -0.2) is 65.8 Å². The Morgan fingerprint density at radius 3 is 2.78 bits per heavy atom. The second kappa shape index (κ2) is 11.1. The Morgan fingerprint density at radius 2 is 2.08 bits per heavy atom. The van der Waals surface area contributed by atoms with Crippen LogP contribution in [0, 0.1) is 0 Å². The van der Waals surface area contributed by atoms with E-state index >= 15 is 0 Å². The predicted molar refractivity (Wildman–Crippen MR) is 140 cm³/mol. The average molecular weight is 521 g/mol. The van der Waals surface area contributed by atoms with Crippen molar-refractivity contribution in [1.29, 1.82) is 0 Å². The topological polar surface area (TPSA) is 122 Å². The van der Waals surface area contributed by atoms with Crippen molar-refractivity contribution in [3.63, 3.8) is 0 Å². The summed E-state index contributed by atoms with van der Waals surface area (Å²) in [5.41, 5.74) is -0.247. The van der Waals surface area contributed by atoms with Crippen LogP contribution >= 0.6 is 0 Å². The molecule has 4 rings (SSSR count). The van der Waals surface area contributed by atoms with Gasteiger partial charge in [-0.3, -0.25) is 9.48 Å². The average Bonchev–Trinajstić information content (AvgIpc) is 3.44. The summed E-state index contributed by atoms with van der Waals surface area (Å²) in [6.45, 7) is 2.53. The lowest BCUT2D eigenvalue weighted by atomic mass is 10.1. The van der Waals surface area contributed by atoms with Crippen LogP contribution in [0.2, 0.25) is 0 Å². The Labute approximate surface area is 217 Å². The normalized spacial score (nSPS) is 19.2. The number of ether oxygens (including phenoxy) is 1. The zero-order valence-corrected chi connectivity index (χ0v) is 21.9. The molecule has 11 heteroatoms. The summed E-state index contributed by atoms with van der Waals surface area (Å²) in [6, 6.07) is 3.97.